The summed E-state index contributed by atoms with van der Waals surface area (Å²) >= 11 is 1.60. The number of benzene rings is 2. The molecule has 0 spiro atoms. The summed E-state index contributed by atoms with van der Waals surface area (Å²) in [7, 11) is 4.63. The minimum absolute atomic E-state index is 0.0405. The van der Waals surface area contributed by atoms with E-state index in [0.29, 0.717) is 34.9 Å². The Bertz CT molecular complexity index is 875. The van der Waals surface area contributed by atoms with Gasteiger partial charge in [-0.05, 0) is 35.9 Å². The Morgan fingerprint density at radius 3 is 2.46 bits per heavy atom. The Hall–Kier alpha value is -2.87. The van der Waals surface area contributed by atoms with Gasteiger partial charge >= 0.3 is 0 Å². The lowest BCUT2D eigenvalue weighted by Crippen LogP contribution is -2.23. The summed E-state index contributed by atoms with van der Waals surface area (Å²) in [6.45, 7) is 0.285. The van der Waals surface area contributed by atoms with Gasteiger partial charge in [0.05, 0.1) is 27.0 Å². The first-order valence-corrected chi connectivity index (χ1v) is 9.68. The highest BCUT2D eigenvalue weighted by Gasteiger charge is 2.17. The van der Waals surface area contributed by atoms with Crippen LogP contribution in [0.5, 0.6) is 17.2 Å². The number of thioether (sulfide) groups is 1. The Morgan fingerprint density at radius 2 is 1.82 bits per heavy atom. The quantitative estimate of drug-likeness (QED) is 0.772. The molecule has 0 bridgehead atoms. The van der Waals surface area contributed by atoms with E-state index in [1.165, 1.54) is 7.11 Å². The van der Waals surface area contributed by atoms with Gasteiger partial charge in [-0.2, -0.15) is 0 Å². The zero-order valence-corrected chi connectivity index (χ0v) is 16.8. The summed E-state index contributed by atoms with van der Waals surface area (Å²) in [5, 5.41) is 5.73. The van der Waals surface area contributed by atoms with Crippen molar-refractivity contribution >= 4 is 29.3 Å². The lowest BCUT2D eigenvalue weighted by molar-refractivity contribution is -0.115. The minimum Gasteiger partial charge on any atom is -0.493 e. The maximum Gasteiger partial charge on any atom is 0.251 e. The van der Waals surface area contributed by atoms with Crippen LogP contribution in [0.1, 0.15) is 22.3 Å². The SMILES string of the molecule is COc1cc(CNC(=O)c2ccc3c(c2)NC(=O)CCS3)cc(OC)c1OC. The molecule has 148 valence electrons. The molecule has 1 aliphatic heterocycles. The van der Waals surface area contributed by atoms with E-state index in [-0.39, 0.29) is 18.4 Å². The third-order valence-electron chi connectivity index (χ3n) is 4.28. The number of carbonyl (C=O) groups is 2. The Balaban J connectivity index is 1.75. The summed E-state index contributed by atoms with van der Waals surface area (Å²) in [6, 6.07) is 8.90. The molecule has 0 fully saturated rings. The molecule has 2 aromatic rings. The summed E-state index contributed by atoms with van der Waals surface area (Å²) in [4.78, 5) is 25.3. The molecule has 28 heavy (non-hydrogen) atoms. The van der Waals surface area contributed by atoms with Gasteiger partial charge in [-0.3, -0.25) is 9.59 Å². The van der Waals surface area contributed by atoms with E-state index >= 15 is 0 Å². The van der Waals surface area contributed by atoms with Crippen LogP contribution in [0.3, 0.4) is 0 Å². The first kappa shape index (κ1) is 19.9. The minimum atomic E-state index is -0.236. The van der Waals surface area contributed by atoms with Crippen LogP contribution in [0.15, 0.2) is 35.2 Å². The fraction of sp³-hybridized carbons (Fsp3) is 0.300. The average molecular weight is 402 g/mol. The molecule has 0 saturated heterocycles. The van der Waals surface area contributed by atoms with Crippen LogP contribution in [0.2, 0.25) is 0 Å². The number of hydrogen-bond donors (Lipinski definition) is 2. The van der Waals surface area contributed by atoms with Crippen molar-refractivity contribution in [3.05, 3.63) is 41.5 Å². The number of hydrogen-bond acceptors (Lipinski definition) is 6. The van der Waals surface area contributed by atoms with E-state index in [4.69, 9.17) is 14.2 Å². The number of anilines is 1. The van der Waals surface area contributed by atoms with Crippen LogP contribution in [0.25, 0.3) is 0 Å². The second-order valence-electron chi connectivity index (χ2n) is 6.07. The molecular formula is C20H22N2O5S. The average Bonchev–Trinajstić information content (AvgIpc) is 2.90. The lowest BCUT2D eigenvalue weighted by atomic mass is 10.1. The predicted octanol–water partition coefficient (Wildman–Crippen LogP) is 3.08. The molecule has 0 unspecified atom stereocenters. The largest absolute Gasteiger partial charge is 0.493 e. The molecule has 1 aliphatic rings. The third-order valence-corrected chi connectivity index (χ3v) is 5.36. The van der Waals surface area contributed by atoms with Crippen LogP contribution in [-0.2, 0) is 11.3 Å². The topological polar surface area (TPSA) is 85.9 Å². The van der Waals surface area contributed by atoms with Gasteiger partial charge in [-0.1, -0.05) is 0 Å². The van der Waals surface area contributed by atoms with Crippen molar-refractivity contribution in [1.29, 1.82) is 0 Å². The molecule has 0 saturated carbocycles. The lowest BCUT2D eigenvalue weighted by Gasteiger charge is -2.14. The number of fused-ring (bicyclic) bond motifs is 1. The van der Waals surface area contributed by atoms with E-state index in [2.05, 4.69) is 10.6 Å². The van der Waals surface area contributed by atoms with Crippen molar-refractivity contribution in [1.82, 2.24) is 5.32 Å². The van der Waals surface area contributed by atoms with E-state index in [0.717, 1.165) is 16.2 Å². The van der Waals surface area contributed by atoms with Crippen molar-refractivity contribution in [2.75, 3.05) is 32.4 Å². The molecule has 0 radical (unpaired) electrons. The number of nitrogens with one attached hydrogen (secondary N) is 2. The zero-order chi connectivity index (χ0) is 20.1. The van der Waals surface area contributed by atoms with Crippen molar-refractivity contribution in [3.63, 3.8) is 0 Å². The predicted molar refractivity (Wildman–Crippen MR) is 108 cm³/mol. The summed E-state index contributed by atoms with van der Waals surface area (Å²) in [5.74, 6) is 2.00. The van der Waals surface area contributed by atoms with E-state index in [9.17, 15) is 9.59 Å². The number of amides is 2. The van der Waals surface area contributed by atoms with Crippen molar-refractivity contribution in [3.8, 4) is 17.2 Å². The molecule has 1 heterocycles. The maximum atomic E-state index is 12.6. The highest BCUT2D eigenvalue weighted by atomic mass is 32.2. The Labute approximate surface area is 167 Å². The monoisotopic (exact) mass is 402 g/mol. The molecule has 0 atom stereocenters. The number of carbonyl (C=O) groups excluding carboxylic acids is 2. The number of methoxy groups -OCH3 is 3. The van der Waals surface area contributed by atoms with Crippen LogP contribution >= 0.6 is 11.8 Å². The molecule has 2 aromatic carbocycles. The van der Waals surface area contributed by atoms with E-state index < -0.39 is 0 Å². The van der Waals surface area contributed by atoms with Gasteiger partial charge in [0.25, 0.3) is 5.91 Å². The molecule has 3 rings (SSSR count). The Kier molecular flexibility index (Phi) is 6.30. The maximum absolute atomic E-state index is 12.6. The van der Waals surface area contributed by atoms with Crippen LogP contribution < -0.4 is 24.8 Å². The van der Waals surface area contributed by atoms with Gasteiger partial charge in [0, 0.05) is 29.2 Å². The summed E-state index contributed by atoms with van der Waals surface area (Å²) in [6.07, 6.45) is 0.460. The standard InChI is InChI=1S/C20H22N2O5S/c1-25-15-8-12(9-16(26-2)19(15)27-3)11-21-20(24)13-4-5-17-14(10-13)22-18(23)6-7-28-17/h4-5,8-10H,6-7,11H2,1-3H3,(H,21,24)(H,22,23). The van der Waals surface area contributed by atoms with Crippen molar-refractivity contribution in [2.45, 2.75) is 17.9 Å². The Morgan fingerprint density at radius 1 is 1.11 bits per heavy atom. The van der Waals surface area contributed by atoms with Gasteiger partial charge in [0.2, 0.25) is 11.7 Å². The van der Waals surface area contributed by atoms with Crippen LogP contribution in [-0.4, -0.2) is 38.9 Å². The van der Waals surface area contributed by atoms with Crippen molar-refractivity contribution in [2.24, 2.45) is 0 Å². The first-order chi connectivity index (χ1) is 13.5. The highest BCUT2D eigenvalue weighted by Crippen LogP contribution is 2.38. The number of ether oxygens (including phenoxy) is 3. The molecule has 2 amide bonds. The third kappa shape index (κ3) is 4.33. The van der Waals surface area contributed by atoms with Crippen LogP contribution in [0.4, 0.5) is 5.69 Å². The second-order valence-corrected chi connectivity index (χ2v) is 7.21. The normalized spacial score (nSPS) is 13.0. The van der Waals surface area contributed by atoms with E-state index in [1.807, 2.05) is 6.07 Å². The molecule has 0 aromatic heterocycles. The zero-order valence-electron chi connectivity index (χ0n) is 16.0. The molecule has 2 N–H and O–H groups in total. The smallest absolute Gasteiger partial charge is 0.251 e. The molecule has 0 aliphatic carbocycles. The summed E-state index contributed by atoms with van der Waals surface area (Å²) < 4.78 is 16.0. The van der Waals surface area contributed by atoms with Gasteiger partial charge in [-0.15, -0.1) is 11.8 Å². The first-order valence-electron chi connectivity index (χ1n) is 8.69. The van der Waals surface area contributed by atoms with Gasteiger partial charge < -0.3 is 24.8 Å². The summed E-state index contributed by atoms with van der Waals surface area (Å²) in [5.41, 5.74) is 1.96. The fourth-order valence-corrected chi connectivity index (χ4v) is 3.82. The second kappa shape index (κ2) is 8.88. The van der Waals surface area contributed by atoms with Gasteiger partial charge in [0.15, 0.2) is 11.5 Å². The molecule has 7 nitrogen and oxygen atoms in total. The fourth-order valence-electron chi connectivity index (χ4n) is 2.88. The molecule has 8 heteroatoms. The van der Waals surface area contributed by atoms with Gasteiger partial charge in [0.1, 0.15) is 0 Å². The van der Waals surface area contributed by atoms with Gasteiger partial charge in [-0.25, -0.2) is 0 Å². The highest BCUT2D eigenvalue weighted by molar-refractivity contribution is 7.99. The number of rotatable bonds is 6. The van der Waals surface area contributed by atoms with Crippen molar-refractivity contribution < 1.29 is 23.8 Å². The molecular weight excluding hydrogens is 380 g/mol. The van der Waals surface area contributed by atoms with Crippen LogP contribution in [0, 0.1) is 0 Å². The van der Waals surface area contributed by atoms with E-state index in [1.54, 1.807) is 50.2 Å².